The third-order valence-corrected chi connectivity index (χ3v) is 8.47. The second-order valence-corrected chi connectivity index (χ2v) is 12.3. The molecular weight excluding hydrogens is 432 g/mol. The maximum absolute atomic E-state index is 15.1. The van der Waals surface area contributed by atoms with Crippen LogP contribution in [0.15, 0.2) is 0 Å². The van der Waals surface area contributed by atoms with Crippen LogP contribution < -0.4 is 0 Å². The van der Waals surface area contributed by atoms with Crippen molar-refractivity contribution in [3.8, 4) is 0 Å². The van der Waals surface area contributed by atoms with Gasteiger partial charge in [0.05, 0.1) is 0 Å². The first-order valence-electron chi connectivity index (χ1n) is 8.16. The molecule has 0 rings (SSSR count). The second-order valence-electron chi connectivity index (χ2n) is 8.32. The fraction of sp³-hybridized carbons (Fsp3) is 1.00. The summed E-state index contributed by atoms with van der Waals surface area (Å²) in [5.41, 5.74) is -5.77. The average molecular weight is 461 g/mol. The van der Waals surface area contributed by atoms with Crippen molar-refractivity contribution in [3.05, 3.63) is 0 Å². The lowest BCUT2D eigenvalue weighted by molar-refractivity contribution is -0.305. The molecule has 7 nitrogen and oxygen atoms in total. The monoisotopic (exact) mass is 460 g/mol. The topological polar surface area (TPSA) is 118 Å². The first kappa shape index (κ1) is 27.5. The van der Waals surface area contributed by atoms with Gasteiger partial charge in [-0.2, -0.15) is 16.8 Å². The van der Waals surface area contributed by atoms with Gasteiger partial charge in [0, 0.05) is 0 Å². The summed E-state index contributed by atoms with van der Waals surface area (Å²) in [4.78, 5) is 0. The Morgan fingerprint density at radius 2 is 1.00 bits per heavy atom. The van der Waals surface area contributed by atoms with Gasteiger partial charge in [-0.05, 0) is 54.9 Å². The van der Waals surface area contributed by atoms with Crippen molar-refractivity contribution < 1.29 is 48.2 Å². The van der Waals surface area contributed by atoms with Crippen molar-refractivity contribution in [2.45, 2.75) is 94.4 Å². The molecule has 13 heteroatoms. The molecule has 0 saturated carbocycles. The molecule has 0 aliphatic rings. The van der Waals surface area contributed by atoms with Crippen LogP contribution in [-0.4, -0.2) is 58.5 Å². The van der Waals surface area contributed by atoms with Crippen molar-refractivity contribution in [1.29, 1.82) is 0 Å². The van der Waals surface area contributed by atoms with Crippen LogP contribution in [0.25, 0.3) is 0 Å². The van der Waals surface area contributed by atoms with Crippen LogP contribution in [0.3, 0.4) is 0 Å². The number of halogens is 4. The van der Waals surface area contributed by atoms with E-state index in [4.69, 9.17) is 4.74 Å². The summed E-state index contributed by atoms with van der Waals surface area (Å²) in [6, 6.07) is 0. The predicted octanol–water partition coefficient (Wildman–Crippen LogP) is 3.55. The van der Waals surface area contributed by atoms with Crippen molar-refractivity contribution in [3.63, 3.8) is 0 Å². The van der Waals surface area contributed by atoms with Crippen LogP contribution in [0.2, 0.25) is 0 Å². The van der Waals surface area contributed by atoms with Gasteiger partial charge in [-0.15, -0.1) is 0 Å². The van der Waals surface area contributed by atoms with Gasteiger partial charge in [-0.3, -0.25) is 9.11 Å². The molecule has 1 atom stereocenters. The van der Waals surface area contributed by atoms with E-state index in [2.05, 4.69) is 0 Å². The Balaban J connectivity index is 6.53. The quantitative estimate of drug-likeness (QED) is 0.399. The van der Waals surface area contributed by atoms with E-state index in [0.29, 0.717) is 48.5 Å². The minimum Gasteiger partial charge on any atom is -0.357 e. The van der Waals surface area contributed by atoms with E-state index in [1.54, 1.807) is 0 Å². The third-order valence-electron chi connectivity index (χ3n) is 5.38. The first-order chi connectivity index (χ1) is 11.8. The molecule has 0 radical (unpaired) electrons. The van der Waals surface area contributed by atoms with Gasteiger partial charge in [-0.25, -0.2) is 17.6 Å². The molecular formula is C15H28F4O7S2. The highest BCUT2D eigenvalue weighted by Crippen LogP contribution is 2.52. The molecule has 0 aromatic rings. The van der Waals surface area contributed by atoms with Crippen LogP contribution >= 0.6 is 0 Å². The molecule has 0 saturated heterocycles. The van der Waals surface area contributed by atoms with Crippen LogP contribution in [0.4, 0.5) is 17.6 Å². The van der Waals surface area contributed by atoms with E-state index in [9.17, 15) is 34.7 Å². The zero-order valence-corrected chi connectivity index (χ0v) is 18.6. The molecule has 0 heterocycles. The molecule has 170 valence electrons. The molecule has 0 aromatic heterocycles. The maximum atomic E-state index is 15.1. The predicted molar refractivity (Wildman–Crippen MR) is 95.0 cm³/mol. The van der Waals surface area contributed by atoms with Crippen molar-refractivity contribution >= 4 is 20.2 Å². The Morgan fingerprint density at radius 1 is 0.714 bits per heavy atom. The van der Waals surface area contributed by atoms with Crippen LogP contribution in [-0.2, 0) is 25.0 Å². The maximum Gasteiger partial charge on any atom is 0.297 e. The van der Waals surface area contributed by atoms with E-state index in [-0.39, 0.29) is 0 Å². The SMILES string of the molecule is CCC(C)(OC(C)(C)C(F)(F)C(C)(C)S(=O)(=O)O)C(F)(F)C(C)(C)S(=O)(=O)O. The number of hydrogen-bond donors (Lipinski definition) is 2. The van der Waals surface area contributed by atoms with Crippen LogP contribution in [0, 0.1) is 0 Å². The van der Waals surface area contributed by atoms with Gasteiger partial charge >= 0.3 is 0 Å². The first-order valence-corrected chi connectivity index (χ1v) is 11.0. The molecule has 0 fully saturated rings. The molecule has 0 amide bonds. The highest BCUT2D eigenvalue weighted by molar-refractivity contribution is 7.87. The lowest BCUT2D eigenvalue weighted by Crippen LogP contribution is -2.68. The smallest absolute Gasteiger partial charge is 0.297 e. The Bertz CT molecular complexity index is 802. The molecule has 0 aliphatic carbocycles. The summed E-state index contributed by atoms with van der Waals surface area (Å²) in [6.45, 7) is 5.09. The highest BCUT2D eigenvalue weighted by atomic mass is 32.2. The number of hydrogen-bond acceptors (Lipinski definition) is 5. The Morgan fingerprint density at radius 3 is 1.25 bits per heavy atom. The molecule has 0 bridgehead atoms. The molecule has 0 aliphatic heterocycles. The highest BCUT2D eigenvalue weighted by Gasteiger charge is 2.70. The lowest BCUT2D eigenvalue weighted by atomic mass is 9.83. The molecule has 0 spiro atoms. The number of alkyl halides is 4. The van der Waals surface area contributed by atoms with Gasteiger partial charge in [0.2, 0.25) is 0 Å². The van der Waals surface area contributed by atoms with E-state index in [0.717, 1.165) is 6.92 Å². The van der Waals surface area contributed by atoms with E-state index in [1.807, 2.05) is 0 Å². The summed E-state index contributed by atoms with van der Waals surface area (Å²) in [7, 11) is -10.7. The molecule has 1 unspecified atom stereocenters. The summed E-state index contributed by atoms with van der Waals surface area (Å²) in [5, 5.41) is 0. The average Bonchev–Trinajstić information content (AvgIpc) is 2.43. The Kier molecular flexibility index (Phi) is 6.91. The lowest BCUT2D eigenvalue weighted by Gasteiger charge is -2.50. The standard InChI is InChI=1S/C15H28F4O7S2/c1-9-13(8,15(18,19)12(6,7)28(23,24)25)26-10(2,3)14(16,17)11(4,5)27(20,21)22/h9H2,1-8H3,(H,20,21,22)(H,23,24,25). The van der Waals surface area contributed by atoms with Gasteiger partial charge in [0.25, 0.3) is 32.1 Å². The minimum atomic E-state index is -5.35. The minimum absolute atomic E-state index is 0.497. The molecule has 2 N–H and O–H groups in total. The third kappa shape index (κ3) is 3.92. The molecule has 28 heavy (non-hydrogen) atoms. The second kappa shape index (κ2) is 7.03. The largest absolute Gasteiger partial charge is 0.357 e. The van der Waals surface area contributed by atoms with E-state index in [1.165, 1.54) is 0 Å². The van der Waals surface area contributed by atoms with Crippen molar-refractivity contribution in [2.75, 3.05) is 0 Å². The van der Waals surface area contributed by atoms with Gasteiger partial charge in [0.1, 0.15) is 11.2 Å². The van der Waals surface area contributed by atoms with Crippen LogP contribution in [0.1, 0.15) is 61.8 Å². The Labute approximate surface area is 163 Å². The van der Waals surface area contributed by atoms with Gasteiger partial charge in [-0.1, -0.05) is 6.92 Å². The normalized spacial score (nSPS) is 18.1. The zero-order valence-electron chi connectivity index (χ0n) is 17.0. The van der Waals surface area contributed by atoms with E-state index < -0.39 is 59.2 Å². The summed E-state index contributed by atoms with van der Waals surface area (Å²) in [5.74, 6) is -8.79. The summed E-state index contributed by atoms with van der Waals surface area (Å²) in [6.07, 6.45) is -0.676. The van der Waals surface area contributed by atoms with E-state index >= 15 is 8.78 Å². The van der Waals surface area contributed by atoms with Crippen LogP contribution in [0.5, 0.6) is 0 Å². The molecule has 0 aromatic carbocycles. The van der Waals surface area contributed by atoms with Gasteiger partial charge < -0.3 is 4.74 Å². The summed E-state index contributed by atoms with van der Waals surface area (Å²) >= 11 is 0. The van der Waals surface area contributed by atoms with Crippen molar-refractivity contribution in [1.82, 2.24) is 0 Å². The number of ether oxygens (including phenoxy) is 1. The van der Waals surface area contributed by atoms with Gasteiger partial charge in [0.15, 0.2) is 9.49 Å². The fourth-order valence-corrected chi connectivity index (χ4v) is 3.78. The zero-order chi connectivity index (χ0) is 23.4. The fourth-order valence-electron chi connectivity index (χ4n) is 2.67. The number of rotatable bonds is 9. The Hall–Kier alpha value is -0.500. The van der Waals surface area contributed by atoms with Crippen molar-refractivity contribution in [2.24, 2.45) is 0 Å². The summed E-state index contributed by atoms with van der Waals surface area (Å²) < 4.78 is 123.